The van der Waals surface area contributed by atoms with Gasteiger partial charge in [-0.05, 0) is 99.2 Å². The first kappa shape index (κ1) is 18.3. The fourth-order valence-corrected chi connectivity index (χ4v) is 8.35. The lowest BCUT2D eigenvalue weighted by atomic mass is 9.44. The van der Waals surface area contributed by atoms with Crippen molar-refractivity contribution in [1.82, 2.24) is 0 Å². The van der Waals surface area contributed by atoms with Crippen LogP contribution in [0.15, 0.2) is 0 Å². The lowest BCUT2D eigenvalue weighted by Crippen LogP contribution is -2.56. The number of ketones is 1. The van der Waals surface area contributed by atoms with Crippen molar-refractivity contribution < 1.29 is 9.90 Å². The highest BCUT2D eigenvalue weighted by Gasteiger charge is 2.61. The molecule has 0 bridgehead atoms. The molecule has 4 fully saturated rings. The molecule has 3 heteroatoms. The van der Waals surface area contributed by atoms with Crippen molar-refractivity contribution in [2.24, 2.45) is 40.4 Å². The molecule has 4 rings (SSSR count). The molecule has 4 aliphatic rings. The zero-order valence-electron chi connectivity index (χ0n) is 16.2. The van der Waals surface area contributed by atoms with Crippen LogP contribution in [-0.4, -0.2) is 22.4 Å². The SMILES string of the molecule is CC(=O)[C@H]1CC[C@H]2[C@@H]3CCC4CC(O)(CCl)CC[C@]4(C)[C@H]3CC[C@]12C. The van der Waals surface area contributed by atoms with Crippen molar-refractivity contribution in [2.75, 3.05) is 5.88 Å². The minimum Gasteiger partial charge on any atom is -0.389 e. The van der Waals surface area contributed by atoms with Crippen molar-refractivity contribution >= 4 is 17.4 Å². The number of alkyl halides is 1. The third kappa shape index (κ3) is 2.57. The molecule has 0 amide bonds. The Bertz CT molecular complexity index is 562. The van der Waals surface area contributed by atoms with Crippen molar-refractivity contribution in [1.29, 1.82) is 0 Å². The quantitative estimate of drug-likeness (QED) is 0.681. The highest BCUT2D eigenvalue weighted by atomic mass is 35.5. The van der Waals surface area contributed by atoms with Crippen molar-refractivity contribution in [2.45, 2.75) is 84.2 Å². The first-order valence-corrected chi connectivity index (χ1v) is 11.1. The molecule has 4 aliphatic carbocycles. The van der Waals surface area contributed by atoms with Crippen LogP contribution in [0.2, 0.25) is 0 Å². The Labute approximate surface area is 158 Å². The van der Waals surface area contributed by atoms with Crippen LogP contribution in [0, 0.1) is 40.4 Å². The van der Waals surface area contributed by atoms with Gasteiger partial charge in [-0.3, -0.25) is 4.79 Å². The summed E-state index contributed by atoms with van der Waals surface area (Å²) in [7, 11) is 0. The van der Waals surface area contributed by atoms with E-state index in [2.05, 4.69) is 13.8 Å². The minimum absolute atomic E-state index is 0.252. The predicted octanol–water partition coefficient (Wildman–Crippen LogP) is 5.20. The van der Waals surface area contributed by atoms with Gasteiger partial charge in [0.05, 0.1) is 11.5 Å². The summed E-state index contributed by atoms with van der Waals surface area (Å²) in [6.45, 7) is 6.76. The maximum absolute atomic E-state index is 12.2. The van der Waals surface area contributed by atoms with Crippen LogP contribution < -0.4 is 0 Å². The first-order valence-electron chi connectivity index (χ1n) is 10.5. The van der Waals surface area contributed by atoms with Crippen LogP contribution in [0.5, 0.6) is 0 Å². The van der Waals surface area contributed by atoms with Gasteiger partial charge in [-0.2, -0.15) is 0 Å². The van der Waals surface area contributed by atoms with E-state index < -0.39 is 5.60 Å². The van der Waals surface area contributed by atoms with E-state index in [1.165, 1.54) is 32.1 Å². The maximum Gasteiger partial charge on any atom is 0.133 e. The van der Waals surface area contributed by atoms with Crippen molar-refractivity contribution in [3.63, 3.8) is 0 Å². The number of hydrogen-bond donors (Lipinski definition) is 1. The highest BCUT2D eigenvalue weighted by molar-refractivity contribution is 6.18. The first-order chi connectivity index (χ1) is 11.7. The molecule has 8 atom stereocenters. The molecule has 0 saturated heterocycles. The zero-order valence-corrected chi connectivity index (χ0v) is 16.9. The van der Waals surface area contributed by atoms with Crippen LogP contribution in [0.4, 0.5) is 0 Å². The fourth-order valence-electron chi connectivity index (χ4n) is 8.11. The van der Waals surface area contributed by atoms with Crippen molar-refractivity contribution in [3.8, 4) is 0 Å². The van der Waals surface area contributed by atoms with E-state index in [0.29, 0.717) is 28.9 Å². The molecule has 25 heavy (non-hydrogen) atoms. The van der Waals surface area contributed by atoms with Gasteiger partial charge < -0.3 is 5.11 Å². The van der Waals surface area contributed by atoms with Crippen LogP contribution >= 0.6 is 11.6 Å². The summed E-state index contributed by atoms with van der Waals surface area (Å²) in [5.74, 6) is 4.06. The molecule has 0 aromatic rings. The van der Waals surface area contributed by atoms with E-state index in [4.69, 9.17) is 11.6 Å². The number of halogens is 1. The topological polar surface area (TPSA) is 37.3 Å². The summed E-state index contributed by atoms with van der Waals surface area (Å²) in [6, 6.07) is 0. The predicted molar refractivity (Wildman–Crippen MR) is 102 cm³/mol. The van der Waals surface area contributed by atoms with Gasteiger partial charge in [0.2, 0.25) is 0 Å². The highest BCUT2D eigenvalue weighted by Crippen LogP contribution is 2.68. The third-order valence-corrected chi connectivity index (χ3v) is 10.1. The Kier molecular flexibility index (Phi) is 4.36. The lowest BCUT2D eigenvalue weighted by molar-refractivity contribution is -0.149. The number of fused-ring (bicyclic) bond motifs is 5. The Hall–Kier alpha value is -0.0800. The zero-order chi connectivity index (χ0) is 18.0. The lowest BCUT2D eigenvalue weighted by Gasteiger charge is -2.62. The largest absolute Gasteiger partial charge is 0.389 e. The normalized spacial score (nSPS) is 55.2. The number of rotatable bonds is 2. The summed E-state index contributed by atoms with van der Waals surface area (Å²) in [6.07, 6.45) is 10.3. The second-order valence-corrected chi connectivity index (χ2v) is 10.8. The molecule has 2 unspecified atom stereocenters. The average molecular weight is 367 g/mol. The number of hydrogen-bond acceptors (Lipinski definition) is 2. The van der Waals surface area contributed by atoms with Crippen LogP contribution in [0.1, 0.15) is 78.6 Å². The summed E-state index contributed by atoms with van der Waals surface area (Å²) in [4.78, 5) is 12.2. The maximum atomic E-state index is 12.2. The van der Waals surface area contributed by atoms with Crippen LogP contribution in [-0.2, 0) is 4.79 Å². The average Bonchev–Trinajstić information content (AvgIpc) is 2.93. The molecule has 142 valence electrons. The molecule has 0 radical (unpaired) electrons. The Morgan fingerprint density at radius 3 is 2.40 bits per heavy atom. The van der Waals surface area contributed by atoms with Gasteiger partial charge in [-0.25, -0.2) is 0 Å². The van der Waals surface area contributed by atoms with Crippen molar-refractivity contribution in [3.05, 3.63) is 0 Å². The van der Waals surface area contributed by atoms with E-state index in [1.807, 2.05) is 6.92 Å². The van der Waals surface area contributed by atoms with Gasteiger partial charge in [0.25, 0.3) is 0 Å². The molecule has 0 heterocycles. The molecular weight excluding hydrogens is 332 g/mol. The number of carbonyl (C=O) groups is 1. The standard InChI is InChI=1S/C22H35ClO2/c1-14(24)17-6-7-18-16-5-4-15-12-22(25,13-23)11-10-20(15,2)19(16)8-9-21(17,18)3/h15-19,25H,4-13H2,1-3H3/t15?,16-,17+,18-,19-,20-,21+,22?/m0/s1. The van der Waals surface area contributed by atoms with E-state index >= 15 is 0 Å². The van der Waals surface area contributed by atoms with Gasteiger partial charge in [-0.1, -0.05) is 13.8 Å². The van der Waals surface area contributed by atoms with E-state index in [9.17, 15) is 9.90 Å². The summed E-state index contributed by atoms with van der Waals surface area (Å²) in [5, 5.41) is 10.7. The van der Waals surface area contributed by atoms with Crippen LogP contribution in [0.25, 0.3) is 0 Å². The Morgan fingerprint density at radius 2 is 1.72 bits per heavy atom. The molecular formula is C22H35ClO2. The third-order valence-electron chi connectivity index (χ3n) is 9.56. The van der Waals surface area contributed by atoms with Gasteiger partial charge >= 0.3 is 0 Å². The summed E-state index contributed by atoms with van der Waals surface area (Å²) in [5.41, 5.74) is -0.00653. The van der Waals surface area contributed by atoms with Gasteiger partial charge in [0, 0.05) is 5.92 Å². The molecule has 0 spiro atoms. The van der Waals surface area contributed by atoms with Gasteiger partial charge in [0.15, 0.2) is 0 Å². The monoisotopic (exact) mass is 366 g/mol. The van der Waals surface area contributed by atoms with Gasteiger partial charge in [0.1, 0.15) is 5.78 Å². The Balaban J connectivity index is 1.59. The number of Topliss-reactive ketones (excluding diaryl/α,β-unsaturated/α-hetero) is 1. The molecule has 0 aromatic heterocycles. The molecule has 2 nitrogen and oxygen atoms in total. The summed E-state index contributed by atoms with van der Waals surface area (Å²) < 4.78 is 0. The summed E-state index contributed by atoms with van der Waals surface area (Å²) >= 11 is 6.09. The minimum atomic E-state index is -0.630. The second kappa shape index (κ2) is 5.96. The van der Waals surface area contributed by atoms with E-state index in [1.54, 1.807) is 0 Å². The van der Waals surface area contributed by atoms with E-state index in [-0.39, 0.29) is 5.41 Å². The molecule has 1 N–H and O–H groups in total. The second-order valence-electron chi connectivity index (χ2n) is 10.5. The number of carbonyl (C=O) groups excluding carboxylic acids is 1. The van der Waals surface area contributed by atoms with Crippen LogP contribution in [0.3, 0.4) is 0 Å². The van der Waals surface area contributed by atoms with Gasteiger partial charge in [-0.15, -0.1) is 11.6 Å². The van der Waals surface area contributed by atoms with E-state index in [0.717, 1.165) is 43.4 Å². The smallest absolute Gasteiger partial charge is 0.133 e. The molecule has 0 aromatic carbocycles. The molecule has 4 saturated carbocycles. The fraction of sp³-hybridized carbons (Fsp3) is 0.955. The Morgan fingerprint density at radius 1 is 1.00 bits per heavy atom. The number of aliphatic hydroxyl groups is 1. The molecule has 0 aliphatic heterocycles.